The predicted molar refractivity (Wildman–Crippen MR) is 132 cm³/mol. The Kier molecular flexibility index (Phi) is 7.77. The minimum absolute atomic E-state index is 0.0770. The zero-order valence-corrected chi connectivity index (χ0v) is 21.1. The molecule has 2 N–H and O–H groups in total. The number of carbonyl (C=O) groups is 2. The first-order chi connectivity index (χ1) is 15.4. The van der Waals surface area contributed by atoms with Crippen molar-refractivity contribution in [1.29, 1.82) is 0 Å². The summed E-state index contributed by atoms with van der Waals surface area (Å²) in [6, 6.07) is 13.7. The maximum absolute atomic E-state index is 13.4. The average Bonchev–Trinajstić information content (AvgIpc) is 2.75. The van der Waals surface area contributed by atoms with E-state index in [1.165, 1.54) is 0 Å². The third-order valence-electron chi connectivity index (χ3n) is 6.61. The van der Waals surface area contributed by atoms with Crippen LogP contribution in [0.1, 0.15) is 45.2 Å². The summed E-state index contributed by atoms with van der Waals surface area (Å²) in [5, 5.41) is 15.7. The lowest BCUT2D eigenvalue weighted by molar-refractivity contribution is -0.156. The Hall–Kier alpha value is -2.08. The molecule has 3 rings (SSSR count). The van der Waals surface area contributed by atoms with Crippen LogP contribution in [-0.4, -0.2) is 41.0 Å². The quantitative estimate of drug-likeness (QED) is 0.609. The molecule has 2 amide bonds. The maximum atomic E-state index is 13.4. The SMILES string of the molecule is CC(C)[C@@H](NC(=O)Cc1ccc(Cl)cc1)C(=O)N1CC[C@](O)(c2ccc(Cl)cc2)C(C)(C)C1. The van der Waals surface area contributed by atoms with E-state index in [0.29, 0.717) is 29.6 Å². The number of halogens is 2. The molecular weight excluding hydrogens is 459 g/mol. The second kappa shape index (κ2) is 10.0. The molecule has 0 aromatic heterocycles. The van der Waals surface area contributed by atoms with Crippen molar-refractivity contribution in [1.82, 2.24) is 10.2 Å². The van der Waals surface area contributed by atoms with Crippen LogP contribution in [0.5, 0.6) is 0 Å². The second-order valence-corrected chi connectivity index (χ2v) is 10.7. The summed E-state index contributed by atoms with van der Waals surface area (Å²) in [5.74, 6) is -0.411. The fourth-order valence-electron chi connectivity index (χ4n) is 4.49. The smallest absolute Gasteiger partial charge is 0.245 e. The number of nitrogens with one attached hydrogen (secondary N) is 1. The second-order valence-electron chi connectivity index (χ2n) is 9.85. The van der Waals surface area contributed by atoms with Gasteiger partial charge in [-0.1, -0.05) is 75.2 Å². The zero-order chi connectivity index (χ0) is 24.4. The maximum Gasteiger partial charge on any atom is 0.245 e. The zero-order valence-electron chi connectivity index (χ0n) is 19.6. The van der Waals surface area contributed by atoms with E-state index < -0.39 is 17.1 Å². The van der Waals surface area contributed by atoms with Gasteiger partial charge in [0.15, 0.2) is 0 Å². The van der Waals surface area contributed by atoms with E-state index in [-0.39, 0.29) is 24.2 Å². The van der Waals surface area contributed by atoms with Gasteiger partial charge in [0.25, 0.3) is 0 Å². The van der Waals surface area contributed by atoms with Crippen LogP contribution >= 0.6 is 23.2 Å². The minimum Gasteiger partial charge on any atom is -0.384 e. The lowest BCUT2D eigenvalue weighted by Gasteiger charge is -2.51. The molecule has 0 bridgehead atoms. The van der Waals surface area contributed by atoms with E-state index in [2.05, 4.69) is 5.32 Å². The summed E-state index contributed by atoms with van der Waals surface area (Å²) in [6.45, 7) is 8.54. The van der Waals surface area contributed by atoms with E-state index in [1.54, 1.807) is 41.3 Å². The summed E-state index contributed by atoms with van der Waals surface area (Å²) in [4.78, 5) is 27.9. The number of nitrogens with zero attached hydrogens (tertiary/aromatic N) is 1. The van der Waals surface area contributed by atoms with E-state index >= 15 is 0 Å². The number of carbonyl (C=O) groups excluding carboxylic acids is 2. The number of amides is 2. The van der Waals surface area contributed by atoms with E-state index in [0.717, 1.165) is 11.1 Å². The number of hydrogen-bond acceptors (Lipinski definition) is 3. The molecule has 1 aliphatic rings. The average molecular weight is 491 g/mol. The highest BCUT2D eigenvalue weighted by molar-refractivity contribution is 6.30. The van der Waals surface area contributed by atoms with E-state index in [1.807, 2.05) is 39.8 Å². The molecule has 1 saturated heterocycles. The van der Waals surface area contributed by atoms with Crippen LogP contribution in [0.15, 0.2) is 48.5 Å². The van der Waals surface area contributed by atoms with Crippen LogP contribution in [-0.2, 0) is 21.6 Å². The predicted octanol–water partition coefficient (Wildman–Crippen LogP) is 4.82. The fourth-order valence-corrected chi connectivity index (χ4v) is 4.75. The summed E-state index contributed by atoms with van der Waals surface area (Å²) in [7, 11) is 0. The third kappa shape index (κ3) is 5.71. The third-order valence-corrected chi connectivity index (χ3v) is 7.11. The summed E-state index contributed by atoms with van der Waals surface area (Å²) in [6.07, 6.45) is 0.576. The molecule has 2 aromatic rings. The van der Waals surface area contributed by atoms with Gasteiger partial charge in [-0.2, -0.15) is 0 Å². The van der Waals surface area contributed by atoms with Gasteiger partial charge >= 0.3 is 0 Å². The Bertz CT molecular complexity index is 990. The first-order valence-corrected chi connectivity index (χ1v) is 12.0. The highest BCUT2D eigenvalue weighted by Gasteiger charge is 2.50. The van der Waals surface area contributed by atoms with Gasteiger partial charge in [0.05, 0.1) is 12.0 Å². The highest BCUT2D eigenvalue weighted by Crippen LogP contribution is 2.46. The Labute approximate surface area is 206 Å². The number of benzene rings is 2. The van der Waals surface area contributed by atoms with E-state index in [4.69, 9.17) is 23.2 Å². The molecule has 0 radical (unpaired) electrons. The molecule has 7 heteroatoms. The van der Waals surface area contributed by atoms with Crippen molar-refractivity contribution in [2.45, 2.75) is 52.2 Å². The normalized spacial score (nSPS) is 21.0. The Morgan fingerprint density at radius 1 is 1.03 bits per heavy atom. The van der Waals surface area contributed by atoms with Gasteiger partial charge < -0.3 is 15.3 Å². The molecule has 5 nitrogen and oxygen atoms in total. The first kappa shape index (κ1) is 25.5. The number of hydrogen-bond donors (Lipinski definition) is 2. The van der Waals surface area contributed by atoms with Crippen LogP contribution < -0.4 is 5.32 Å². The number of aliphatic hydroxyl groups is 1. The molecule has 2 atom stereocenters. The Morgan fingerprint density at radius 2 is 1.58 bits per heavy atom. The molecule has 33 heavy (non-hydrogen) atoms. The van der Waals surface area contributed by atoms with Crippen LogP contribution in [0.4, 0.5) is 0 Å². The van der Waals surface area contributed by atoms with Crippen molar-refractivity contribution in [3.8, 4) is 0 Å². The van der Waals surface area contributed by atoms with Crippen LogP contribution in [0.2, 0.25) is 10.0 Å². The van der Waals surface area contributed by atoms with Crippen LogP contribution in [0.3, 0.4) is 0 Å². The molecule has 0 saturated carbocycles. The van der Waals surface area contributed by atoms with Crippen LogP contribution in [0, 0.1) is 11.3 Å². The molecule has 0 spiro atoms. The van der Waals surface area contributed by atoms with Crippen molar-refractivity contribution in [2.75, 3.05) is 13.1 Å². The molecule has 2 aromatic carbocycles. The van der Waals surface area contributed by atoms with Gasteiger partial charge in [0.2, 0.25) is 11.8 Å². The van der Waals surface area contributed by atoms with Gasteiger partial charge in [-0.3, -0.25) is 9.59 Å². The summed E-state index contributed by atoms with van der Waals surface area (Å²) in [5.41, 5.74) is -0.0528. The lowest BCUT2D eigenvalue weighted by atomic mass is 9.66. The molecule has 0 unspecified atom stereocenters. The molecule has 0 aliphatic carbocycles. The molecule has 1 fully saturated rings. The summed E-state index contributed by atoms with van der Waals surface area (Å²) >= 11 is 11.9. The largest absolute Gasteiger partial charge is 0.384 e. The number of rotatable bonds is 6. The molecule has 178 valence electrons. The van der Waals surface area contributed by atoms with Gasteiger partial charge in [-0.25, -0.2) is 0 Å². The minimum atomic E-state index is -1.08. The van der Waals surface area contributed by atoms with Gasteiger partial charge in [0, 0.05) is 28.5 Å². The number of piperidine rings is 1. The standard InChI is InChI=1S/C26H32Cl2N2O3/c1-17(2)23(29-22(31)15-18-5-9-20(27)10-6-18)24(32)30-14-13-26(33,25(3,4)16-30)19-7-11-21(28)12-8-19/h5-12,17,23,33H,13-16H2,1-4H3,(H,29,31)/t23-,26+/m1/s1. The van der Waals surface area contributed by atoms with Crippen molar-refractivity contribution in [3.05, 3.63) is 69.7 Å². The molecule has 1 heterocycles. The monoisotopic (exact) mass is 490 g/mol. The fraction of sp³-hybridized carbons (Fsp3) is 0.462. The van der Waals surface area contributed by atoms with Crippen LogP contribution in [0.25, 0.3) is 0 Å². The van der Waals surface area contributed by atoms with Crippen molar-refractivity contribution >= 4 is 35.0 Å². The van der Waals surface area contributed by atoms with Gasteiger partial charge in [-0.05, 0) is 47.7 Å². The molecular formula is C26H32Cl2N2O3. The topological polar surface area (TPSA) is 69.6 Å². The van der Waals surface area contributed by atoms with Crippen molar-refractivity contribution in [2.24, 2.45) is 11.3 Å². The van der Waals surface area contributed by atoms with Gasteiger partial charge in [0.1, 0.15) is 6.04 Å². The van der Waals surface area contributed by atoms with E-state index in [9.17, 15) is 14.7 Å². The highest BCUT2D eigenvalue weighted by atomic mass is 35.5. The first-order valence-electron chi connectivity index (χ1n) is 11.2. The van der Waals surface area contributed by atoms with Crippen molar-refractivity contribution < 1.29 is 14.7 Å². The van der Waals surface area contributed by atoms with Gasteiger partial charge in [-0.15, -0.1) is 0 Å². The Balaban J connectivity index is 1.71. The Morgan fingerprint density at radius 3 is 2.09 bits per heavy atom. The lowest BCUT2D eigenvalue weighted by Crippen LogP contribution is -2.60. The van der Waals surface area contributed by atoms with Crippen molar-refractivity contribution in [3.63, 3.8) is 0 Å². The molecule has 1 aliphatic heterocycles. The number of likely N-dealkylation sites (tertiary alicyclic amines) is 1. The summed E-state index contributed by atoms with van der Waals surface area (Å²) < 4.78 is 0.